The van der Waals surface area contributed by atoms with Gasteiger partial charge in [-0.2, -0.15) is 0 Å². The molecule has 0 atom stereocenters. The van der Waals surface area contributed by atoms with Gasteiger partial charge in [0.2, 0.25) is 0 Å². The third kappa shape index (κ3) is 6.11. The first-order valence-corrected chi connectivity index (χ1v) is 9.10. The van der Waals surface area contributed by atoms with Crippen molar-refractivity contribution in [3.05, 3.63) is 23.9 Å². The van der Waals surface area contributed by atoms with Gasteiger partial charge in [0.05, 0.1) is 6.54 Å². The lowest BCUT2D eigenvalue weighted by Crippen LogP contribution is -2.38. The molecule has 1 aliphatic heterocycles. The molecular formula is C18H30IN5. The predicted octanol–water partition coefficient (Wildman–Crippen LogP) is 3.30. The summed E-state index contributed by atoms with van der Waals surface area (Å²) in [6.07, 6.45) is 9.77. The van der Waals surface area contributed by atoms with Gasteiger partial charge in [-0.25, -0.2) is 9.98 Å². The van der Waals surface area contributed by atoms with E-state index in [1.807, 2.05) is 6.20 Å². The van der Waals surface area contributed by atoms with Crippen molar-refractivity contribution in [3.63, 3.8) is 0 Å². The van der Waals surface area contributed by atoms with E-state index < -0.39 is 0 Å². The van der Waals surface area contributed by atoms with Gasteiger partial charge in [0.15, 0.2) is 5.96 Å². The molecule has 0 aromatic carbocycles. The lowest BCUT2D eigenvalue weighted by atomic mass is 10.2. The van der Waals surface area contributed by atoms with Crippen LogP contribution in [0.15, 0.2) is 23.3 Å². The van der Waals surface area contributed by atoms with Crippen LogP contribution in [0.4, 0.5) is 5.82 Å². The van der Waals surface area contributed by atoms with E-state index in [4.69, 9.17) is 0 Å². The summed E-state index contributed by atoms with van der Waals surface area (Å²) in [5.74, 6) is 2.04. The molecule has 5 nitrogen and oxygen atoms in total. The lowest BCUT2D eigenvalue weighted by molar-refractivity contribution is 0.726. The first kappa shape index (κ1) is 19.3. The van der Waals surface area contributed by atoms with Gasteiger partial charge in [0.1, 0.15) is 5.82 Å². The molecule has 0 amide bonds. The van der Waals surface area contributed by atoms with Gasteiger partial charge in [-0.3, -0.25) is 0 Å². The van der Waals surface area contributed by atoms with E-state index in [-0.39, 0.29) is 24.0 Å². The molecule has 6 heteroatoms. The monoisotopic (exact) mass is 443 g/mol. The highest BCUT2D eigenvalue weighted by Gasteiger charge is 2.22. The van der Waals surface area contributed by atoms with Crippen LogP contribution < -0.4 is 15.5 Å². The second-order valence-electron chi connectivity index (χ2n) is 6.54. The van der Waals surface area contributed by atoms with Crippen molar-refractivity contribution in [2.45, 2.75) is 58.0 Å². The number of aliphatic imine (C=N–C) groups is 1. The highest BCUT2D eigenvalue weighted by Crippen LogP contribution is 2.19. The molecule has 1 saturated carbocycles. The number of hydrogen-bond acceptors (Lipinski definition) is 3. The van der Waals surface area contributed by atoms with E-state index >= 15 is 0 Å². The van der Waals surface area contributed by atoms with Crippen molar-refractivity contribution in [2.24, 2.45) is 4.99 Å². The maximum Gasteiger partial charge on any atom is 0.191 e. The Hall–Kier alpha value is -1.05. The largest absolute Gasteiger partial charge is 0.357 e. The minimum absolute atomic E-state index is 0. The number of hydrogen-bond donors (Lipinski definition) is 2. The van der Waals surface area contributed by atoms with Crippen LogP contribution in [0.5, 0.6) is 0 Å². The number of nitrogens with zero attached hydrogens (tertiary/aromatic N) is 3. The van der Waals surface area contributed by atoms with Crippen LogP contribution in [0.25, 0.3) is 0 Å². The standard InChI is InChI=1S/C18H29N5.HI/c1-2-19-18(22-16-8-9-16)21-14-15-7-10-17(20-13-15)23-11-5-3-4-6-12-23;/h7,10,13,16H,2-6,8-9,11-12,14H2,1H3,(H2,19,21,22);1H. The molecule has 0 unspecified atom stereocenters. The number of nitrogens with one attached hydrogen (secondary N) is 2. The zero-order chi connectivity index (χ0) is 15.9. The molecule has 0 bridgehead atoms. The topological polar surface area (TPSA) is 52.6 Å². The molecule has 2 N–H and O–H groups in total. The average molecular weight is 443 g/mol. The quantitative estimate of drug-likeness (QED) is 0.417. The Morgan fingerprint density at radius 2 is 1.96 bits per heavy atom. The molecule has 134 valence electrons. The third-order valence-corrected chi connectivity index (χ3v) is 4.42. The Morgan fingerprint density at radius 1 is 1.21 bits per heavy atom. The Morgan fingerprint density at radius 3 is 2.54 bits per heavy atom. The summed E-state index contributed by atoms with van der Waals surface area (Å²) < 4.78 is 0. The first-order chi connectivity index (χ1) is 11.3. The Balaban J connectivity index is 0.00000208. The summed E-state index contributed by atoms with van der Waals surface area (Å²) in [7, 11) is 0. The third-order valence-electron chi connectivity index (χ3n) is 4.42. The second-order valence-corrected chi connectivity index (χ2v) is 6.54. The van der Waals surface area contributed by atoms with E-state index in [1.165, 1.54) is 38.5 Å². The molecular weight excluding hydrogens is 413 g/mol. The van der Waals surface area contributed by atoms with Gasteiger partial charge in [-0.1, -0.05) is 18.9 Å². The van der Waals surface area contributed by atoms with Gasteiger partial charge in [0.25, 0.3) is 0 Å². The molecule has 2 fully saturated rings. The normalized spacial score (nSPS) is 18.5. The molecule has 0 radical (unpaired) electrons. The Bertz CT molecular complexity index is 505. The number of halogens is 1. The first-order valence-electron chi connectivity index (χ1n) is 9.10. The van der Waals surface area contributed by atoms with Gasteiger partial charge in [-0.15, -0.1) is 24.0 Å². The highest BCUT2D eigenvalue weighted by atomic mass is 127. The number of guanidine groups is 1. The molecule has 0 spiro atoms. The SMILES string of the molecule is CCNC(=NCc1ccc(N2CCCCCC2)nc1)NC1CC1.I. The smallest absolute Gasteiger partial charge is 0.191 e. The maximum absolute atomic E-state index is 4.66. The van der Waals surface area contributed by atoms with Crippen LogP contribution in [0.1, 0.15) is 51.0 Å². The van der Waals surface area contributed by atoms with Crippen LogP contribution in [-0.2, 0) is 6.54 Å². The van der Waals surface area contributed by atoms with Crippen molar-refractivity contribution >= 4 is 35.8 Å². The van der Waals surface area contributed by atoms with Crippen LogP contribution in [0.2, 0.25) is 0 Å². The second kappa shape index (κ2) is 10.1. The fraction of sp³-hybridized carbons (Fsp3) is 0.667. The molecule has 1 saturated heterocycles. The summed E-state index contributed by atoms with van der Waals surface area (Å²) in [6, 6.07) is 4.94. The van der Waals surface area contributed by atoms with E-state index in [1.54, 1.807) is 0 Å². The van der Waals surface area contributed by atoms with Gasteiger partial charge < -0.3 is 15.5 Å². The number of aromatic nitrogens is 1. The van der Waals surface area contributed by atoms with Crippen LogP contribution >= 0.6 is 24.0 Å². The molecule has 3 rings (SSSR count). The lowest BCUT2D eigenvalue weighted by Gasteiger charge is -2.21. The molecule has 2 aliphatic rings. The van der Waals surface area contributed by atoms with E-state index in [0.29, 0.717) is 12.6 Å². The molecule has 1 aliphatic carbocycles. The van der Waals surface area contributed by atoms with Gasteiger partial charge in [-0.05, 0) is 44.2 Å². The summed E-state index contributed by atoms with van der Waals surface area (Å²) >= 11 is 0. The zero-order valence-corrected chi connectivity index (χ0v) is 17.0. The Labute approximate surface area is 162 Å². The summed E-state index contributed by atoms with van der Waals surface area (Å²) in [4.78, 5) is 11.7. The summed E-state index contributed by atoms with van der Waals surface area (Å²) in [5, 5.41) is 6.75. The highest BCUT2D eigenvalue weighted by molar-refractivity contribution is 14.0. The van der Waals surface area contributed by atoms with Crippen LogP contribution in [0, 0.1) is 0 Å². The van der Waals surface area contributed by atoms with Crippen LogP contribution in [0.3, 0.4) is 0 Å². The minimum atomic E-state index is 0. The molecule has 2 heterocycles. The maximum atomic E-state index is 4.66. The summed E-state index contributed by atoms with van der Waals surface area (Å²) in [6.45, 7) is 5.95. The fourth-order valence-electron chi connectivity index (χ4n) is 2.91. The average Bonchev–Trinajstić information content (AvgIpc) is 3.40. The number of pyridine rings is 1. The van der Waals surface area contributed by atoms with Gasteiger partial charge in [0, 0.05) is 31.9 Å². The summed E-state index contributed by atoms with van der Waals surface area (Å²) in [5.41, 5.74) is 1.16. The molecule has 1 aromatic rings. The van der Waals surface area contributed by atoms with Crippen molar-refractivity contribution < 1.29 is 0 Å². The fourth-order valence-corrected chi connectivity index (χ4v) is 2.91. The van der Waals surface area contributed by atoms with Crippen LogP contribution in [-0.4, -0.2) is 36.6 Å². The number of rotatable bonds is 5. The van der Waals surface area contributed by atoms with Crippen molar-refractivity contribution in [1.29, 1.82) is 0 Å². The van der Waals surface area contributed by atoms with E-state index in [2.05, 4.69) is 44.6 Å². The zero-order valence-electron chi connectivity index (χ0n) is 14.6. The van der Waals surface area contributed by atoms with E-state index in [0.717, 1.165) is 37.0 Å². The molecule has 1 aromatic heterocycles. The molecule has 24 heavy (non-hydrogen) atoms. The van der Waals surface area contributed by atoms with Crippen molar-refractivity contribution in [3.8, 4) is 0 Å². The van der Waals surface area contributed by atoms with Crippen molar-refractivity contribution in [1.82, 2.24) is 15.6 Å². The van der Waals surface area contributed by atoms with E-state index in [9.17, 15) is 0 Å². The van der Waals surface area contributed by atoms with Gasteiger partial charge >= 0.3 is 0 Å². The number of anilines is 1. The Kier molecular flexibility index (Phi) is 8.08. The van der Waals surface area contributed by atoms with Crippen molar-refractivity contribution in [2.75, 3.05) is 24.5 Å². The predicted molar refractivity (Wildman–Crippen MR) is 111 cm³/mol. The minimum Gasteiger partial charge on any atom is -0.357 e.